The number of hydrogen-bond acceptors (Lipinski definition) is 4. The maximum Gasteiger partial charge on any atom is 0.253 e. The van der Waals surface area contributed by atoms with Gasteiger partial charge in [0.15, 0.2) is 5.11 Å². The quantitative estimate of drug-likeness (QED) is 0.510. The normalized spacial score (nSPS) is 14.2. The molecule has 6 nitrogen and oxygen atoms in total. The number of aromatic nitrogens is 1. The number of H-pyrrole nitrogens is 1. The fourth-order valence-corrected chi connectivity index (χ4v) is 4.61. The maximum atomic E-state index is 12.9. The number of pyridine rings is 1. The van der Waals surface area contributed by atoms with Gasteiger partial charge in [-0.2, -0.15) is 0 Å². The van der Waals surface area contributed by atoms with Crippen LogP contribution in [0.3, 0.4) is 0 Å². The summed E-state index contributed by atoms with van der Waals surface area (Å²) in [6.07, 6.45) is 5.77. The van der Waals surface area contributed by atoms with E-state index in [0.717, 1.165) is 40.9 Å². The molecule has 2 aromatic carbocycles. The summed E-state index contributed by atoms with van der Waals surface area (Å²) < 4.78 is 10.5. The van der Waals surface area contributed by atoms with Gasteiger partial charge in [-0.1, -0.05) is 19.3 Å². The van der Waals surface area contributed by atoms with Crippen molar-refractivity contribution in [3.8, 4) is 11.5 Å². The monoisotopic (exact) mass is 451 g/mol. The highest BCUT2D eigenvalue weighted by molar-refractivity contribution is 7.80. The number of aromatic amines is 1. The SMILES string of the molecule is COc1ccc(NC(=S)N(Cc2cc3ccc(OC)cc3[nH]c2=O)C2CCCCC2)cc1. The molecule has 168 valence electrons. The Hall–Kier alpha value is -3.06. The van der Waals surface area contributed by atoms with Gasteiger partial charge in [-0.25, -0.2) is 0 Å². The first-order chi connectivity index (χ1) is 15.6. The maximum absolute atomic E-state index is 12.9. The van der Waals surface area contributed by atoms with E-state index in [9.17, 15) is 4.79 Å². The first-order valence-corrected chi connectivity index (χ1v) is 11.4. The van der Waals surface area contributed by atoms with Crippen LogP contribution in [0, 0.1) is 0 Å². The zero-order chi connectivity index (χ0) is 22.5. The first-order valence-electron chi connectivity index (χ1n) is 11.0. The Bertz CT molecular complexity index is 1140. The summed E-state index contributed by atoms with van der Waals surface area (Å²) in [5, 5.41) is 4.96. The lowest BCUT2D eigenvalue weighted by Gasteiger charge is -2.36. The summed E-state index contributed by atoms with van der Waals surface area (Å²) in [7, 11) is 3.27. The number of nitrogens with one attached hydrogen (secondary N) is 2. The van der Waals surface area contributed by atoms with Crippen molar-refractivity contribution in [3.63, 3.8) is 0 Å². The Morgan fingerprint density at radius 2 is 1.72 bits per heavy atom. The van der Waals surface area contributed by atoms with Gasteiger partial charge >= 0.3 is 0 Å². The van der Waals surface area contributed by atoms with Crippen LogP contribution in [0.1, 0.15) is 37.7 Å². The Morgan fingerprint density at radius 3 is 2.41 bits per heavy atom. The number of benzene rings is 2. The van der Waals surface area contributed by atoms with Gasteiger partial charge in [-0.3, -0.25) is 4.79 Å². The molecule has 0 amide bonds. The van der Waals surface area contributed by atoms with Crippen LogP contribution >= 0.6 is 12.2 Å². The smallest absolute Gasteiger partial charge is 0.253 e. The third kappa shape index (κ3) is 5.05. The van der Waals surface area contributed by atoms with Gasteiger partial charge in [0.1, 0.15) is 11.5 Å². The molecule has 2 N–H and O–H groups in total. The predicted molar refractivity (Wildman–Crippen MR) is 133 cm³/mol. The zero-order valence-electron chi connectivity index (χ0n) is 18.5. The fourth-order valence-electron chi connectivity index (χ4n) is 4.28. The van der Waals surface area contributed by atoms with E-state index in [1.807, 2.05) is 48.5 Å². The van der Waals surface area contributed by atoms with Gasteiger partial charge in [-0.15, -0.1) is 0 Å². The van der Waals surface area contributed by atoms with Crippen LogP contribution in [-0.2, 0) is 6.54 Å². The molecular weight excluding hydrogens is 422 g/mol. The van der Waals surface area contributed by atoms with Gasteiger partial charge in [0.2, 0.25) is 0 Å². The molecule has 1 heterocycles. The van der Waals surface area contributed by atoms with Crippen molar-refractivity contribution >= 4 is 33.9 Å². The summed E-state index contributed by atoms with van der Waals surface area (Å²) in [6.45, 7) is 0.462. The van der Waals surface area contributed by atoms with Crippen molar-refractivity contribution < 1.29 is 9.47 Å². The summed E-state index contributed by atoms with van der Waals surface area (Å²) in [6, 6.07) is 15.7. The highest BCUT2D eigenvalue weighted by atomic mass is 32.1. The average Bonchev–Trinajstić information content (AvgIpc) is 2.83. The van der Waals surface area contributed by atoms with E-state index >= 15 is 0 Å². The molecule has 1 saturated carbocycles. The van der Waals surface area contributed by atoms with Gasteiger partial charge < -0.3 is 24.7 Å². The van der Waals surface area contributed by atoms with E-state index in [-0.39, 0.29) is 5.56 Å². The number of thiocarbonyl (C=S) groups is 1. The van der Waals surface area contributed by atoms with Crippen LogP contribution < -0.4 is 20.3 Å². The van der Waals surface area contributed by atoms with E-state index < -0.39 is 0 Å². The Balaban J connectivity index is 1.60. The second kappa shape index (κ2) is 10.0. The third-order valence-electron chi connectivity index (χ3n) is 6.09. The van der Waals surface area contributed by atoms with Crippen LogP contribution in [0.25, 0.3) is 10.9 Å². The van der Waals surface area contributed by atoms with Crippen LogP contribution in [-0.4, -0.2) is 35.3 Å². The lowest BCUT2D eigenvalue weighted by atomic mass is 9.94. The van der Waals surface area contributed by atoms with Gasteiger partial charge in [0.05, 0.1) is 26.3 Å². The van der Waals surface area contributed by atoms with Crippen LogP contribution in [0.2, 0.25) is 0 Å². The number of fused-ring (bicyclic) bond motifs is 1. The molecule has 0 unspecified atom stereocenters. The minimum absolute atomic E-state index is 0.0983. The molecule has 1 aliphatic rings. The van der Waals surface area contributed by atoms with Gasteiger partial charge in [-0.05, 0) is 72.9 Å². The van der Waals surface area contributed by atoms with E-state index in [1.54, 1.807) is 14.2 Å². The minimum atomic E-state index is -0.0983. The lowest BCUT2D eigenvalue weighted by molar-refractivity contribution is 0.240. The molecule has 0 atom stereocenters. The molecule has 4 rings (SSSR count). The predicted octanol–water partition coefficient (Wildman–Crippen LogP) is 5.08. The summed E-state index contributed by atoms with van der Waals surface area (Å²) in [5.74, 6) is 1.51. The molecule has 0 bridgehead atoms. The van der Waals surface area contributed by atoms with Crippen molar-refractivity contribution in [1.29, 1.82) is 0 Å². The molecule has 32 heavy (non-hydrogen) atoms. The highest BCUT2D eigenvalue weighted by Crippen LogP contribution is 2.26. The molecule has 0 spiro atoms. The Labute approximate surface area is 193 Å². The van der Waals surface area contributed by atoms with Crippen molar-refractivity contribution in [2.45, 2.75) is 44.7 Å². The number of nitrogens with zero attached hydrogens (tertiary/aromatic N) is 1. The Morgan fingerprint density at radius 1 is 1.03 bits per heavy atom. The van der Waals surface area contributed by atoms with Crippen molar-refractivity contribution in [2.75, 3.05) is 19.5 Å². The lowest BCUT2D eigenvalue weighted by Crippen LogP contribution is -2.44. The number of hydrogen-bond donors (Lipinski definition) is 2. The molecular formula is C25H29N3O3S. The summed E-state index contributed by atoms with van der Waals surface area (Å²) >= 11 is 5.83. The van der Waals surface area contributed by atoms with Gasteiger partial charge in [0, 0.05) is 23.4 Å². The molecule has 7 heteroatoms. The highest BCUT2D eigenvalue weighted by Gasteiger charge is 2.24. The average molecular weight is 452 g/mol. The second-order valence-electron chi connectivity index (χ2n) is 8.16. The molecule has 3 aromatic rings. The number of methoxy groups -OCH3 is 2. The molecule has 0 saturated heterocycles. The van der Waals surface area contributed by atoms with Crippen LogP contribution in [0.5, 0.6) is 11.5 Å². The van der Waals surface area contributed by atoms with Crippen molar-refractivity contribution in [1.82, 2.24) is 9.88 Å². The topological polar surface area (TPSA) is 66.6 Å². The Kier molecular flexibility index (Phi) is 6.95. The molecule has 0 radical (unpaired) electrons. The van der Waals surface area contributed by atoms with E-state index in [1.165, 1.54) is 19.3 Å². The van der Waals surface area contributed by atoms with Gasteiger partial charge in [0.25, 0.3) is 5.56 Å². The third-order valence-corrected chi connectivity index (χ3v) is 6.42. The molecule has 1 aromatic heterocycles. The zero-order valence-corrected chi connectivity index (χ0v) is 19.3. The molecule has 0 aliphatic heterocycles. The number of rotatable bonds is 6. The number of ether oxygens (including phenoxy) is 2. The first kappa shape index (κ1) is 22.1. The largest absolute Gasteiger partial charge is 0.497 e. The minimum Gasteiger partial charge on any atom is -0.497 e. The standard InChI is InChI=1S/C25H29N3O3S/c1-30-21-12-9-19(10-13-21)26-25(32)28(20-6-4-3-5-7-20)16-18-14-17-8-11-22(31-2)15-23(17)27-24(18)29/h8-15,20H,3-7,16H2,1-2H3,(H,26,32)(H,27,29). The summed E-state index contributed by atoms with van der Waals surface area (Å²) in [4.78, 5) is 18.1. The number of anilines is 1. The van der Waals surface area contributed by atoms with Crippen LogP contribution in [0.4, 0.5) is 5.69 Å². The van der Waals surface area contributed by atoms with Crippen molar-refractivity contribution in [3.05, 3.63) is 64.4 Å². The van der Waals surface area contributed by atoms with E-state index in [2.05, 4.69) is 15.2 Å². The van der Waals surface area contributed by atoms with E-state index in [0.29, 0.717) is 23.3 Å². The summed E-state index contributed by atoms with van der Waals surface area (Å²) in [5.41, 5.74) is 2.27. The fraction of sp³-hybridized carbons (Fsp3) is 0.360. The van der Waals surface area contributed by atoms with Crippen molar-refractivity contribution in [2.24, 2.45) is 0 Å². The molecule has 1 aliphatic carbocycles. The van der Waals surface area contributed by atoms with E-state index in [4.69, 9.17) is 21.7 Å². The second-order valence-corrected chi connectivity index (χ2v) is 8.54. The molecule has 1 fully saturated rings. The van der Waals surface area contributed by atoms with Crippen LogP contribution in [0.15, 0.2) is 53.3 Å².